The van der Waals surface area contributed by atoms with Gasteiger partial charge >= 0.3 is 0 Å². The van der Waals surface area contributed by atoms with E-state index < -0.39 is 0 Å². The number of hydrogen-bond donors (Lipinski definition) is 1. The highest BCUT2D eigenvalue weighted by atomic mass is 35.5. The zero-order chi connectivity index (χ0) is 16.9. The first-order chi connectivity index (χ1) is 11.6. The van der Waals surface area contributed by atoms with Gasteiger partial charge in [-0.25, -0.2) is 0 Å². The lowest BCUT2D eigenvalue weighted by molar-refractivity contribution is -0.119. The standard InChI is InChI=1S/C19H22ClN3O/c1-14(24)21-11-15-8-9-18(22-12-15)19-7-4-10-23(19)13-16-5-2-3-6-17(16)20/h2-3,5-6,8-9,12,19H,4,7,10-11,13H2,1H3,(H,21,24)/t19-/m0/s1. The molecule has 1 amide bonds. The summed E-state index contributed by atoms with van der Waals surface area (Å²) in [6.45, 7) is 3.95. The van der Waals surface area contributed by atoms with Crippen LogP contribution >= 0.6 is 11.6 Å². The lowest BCUT2D eigenvalue weighted by Crippen LogP contribution is -2.24. The molecule has 4 nitrogen and oxygen atoms in total. The van der Waals surface area contributed by atoms with Crippen LogP contribution in [0.2, 0.25) is 5.02 Å². The number of amides is 1. The van der Waals surface area contributed by atoms with Gasteiger partial charge in [0.1, 0.15) is 0 Å². The van der Waals surface area contributed by atoms with Gasteiger partial charge in [-0.05, 0) is 42.6 Å². The molecule has 0 spiro atoms. The molecule has 2 aromatic rings. The summed E-state index contributed by atoms with van der Waals surface area (Å²) in [4.78, 5) is 18.1. The number of aromatic nitrogens is 1. The third kappa shape index (κ3) is 4.13. The van der Waals surface area contributed by atoms with Crippen LogP contribution in [0.5, 0.6) is 0 Å². The van der Waals surface area contributed by atoms with Gasteiger partial charge < -0.3 is 5.32 Å². The molecule has 1 atom stereocenters. The number of likely N-dealkylation sites (tertiary alicyclic amines) is 1. The molecule has 5 heteroatoms. The molecule has 0 bridgehead atoms. The number of benzene rings is 1. The van der Waals surface area contributed by atoms with E-state index in [0.29, 0.717) is 12.6 Å². The predicted molar refractivity (Wildman–Crippen MR) is 95.6 cm³/mol. The van der Waals surface area contributed by atoms with E-state index in [9.17, 15) is 4.79 Å². The van der Waals surface area contributed by atoms with Crippen LogP contribution in [0.25, 0.3) is 0 Å². The zero-order valence-electron chi connectivity index (χ0n) is 13.8. The van der Waals surface area contributed by atoms with E-state index in [1.807, 2.05) is 30.5 Å². The van der Waals surface area contributed by atoms with Crippen LogP contribution in [0.15, 0.2) is 42.6 Å². The average Bonchev–Trinajstić information content (AvgIpc) is 3.04. The number of rotatable bonds is 5. The number of halogens is 1. The van der Waals surface area contributed by atoms with Gasteiger partial charge in [0.15, 0.2) is 0 Å². The Hall–Kier alpha value is -1.91. The van der Waals surface area contributed by atoms with Crippen molar-refractivity contribution in [2.45, 2.75) is 38.9 Å². The van der Waals surface area contributed by atoms with Crippen molar-refractivity contribution in [1.29, 1.82) is 0 Å². The quantitative estimate of drug-likeness (QED) is 0.900. The summed E-state index contributed by atoms with van der Waals surface area (Å²) in [6.07, 6.45) is 4.14. The molecule has 0 saturated carbocycles. The molecule has 1 aliphatic rings. The minimum atomic E-state index is -0.0271. The molecule has 0 aliphatic carbocycles. The van der Waals surface area contributed by atoms with Crippen molar-refractivity contribution in [2.75, 3.05) is 6.54 Å². The van der Waals surface area contributed by atoms with Gasteiger partial charge in [0, 0.05) is 31.2 Å². The van der Waals surface area contributed by atoms with Gasteiger partial charge in [0.25, 0.3) is 0 Å². The minimum absolute atomic E-state index is 0.0271. The first-order valence-electron chi connectivity index (χ1n) is 8.30. The van der Waals surface area contributed by atoms with Crippen molar-refractivity contribution in [3.63, 3.8) is 0 Å². The summed E-state index contributed by atoms with van der Waals surface area (Å²) >= 11 is 6.30. The first kappa shape index (κ1) is 16.9. The summed E-state index contributed by atoms with van der Waals surface area (Å²) < 4.78 is 0. The number of nitrogens with zero attached hydrogens (tertiary/aromatic N) is 2. The molecule has 1 saturated heterocycles. The van der Waals surface area contributed by atoms with Crippen LogP contribution in [0, 0.1) is 0 Å². The SMILES string of the molecule is CC(=O)NCc1ccc([C@@H]2CCCN2Cc2ccccc2Cl)nc1. The van der Waals surface area contributed by atoms with Gasteiger partial charge in [-0.3, -0.25) is 14.7 Å². The third-order valence-corrected chi connectivity index (χ3v) is 4.79. The molecule has 2 heterocycles. The monoisotopic (exact) mass is 343 g/mol. The van der Waals surface area contributed by atoms with Crippen molar-refractivity contribution >= 4 is 17.5 Å². The fourth-order valence-electron chi connectivity index (χ4n) is 3.16. The van der Waals surface area contributed by atoms with Crippen molar-refractivity contribution in [3.05, 3.63) is 64.4 Å². The molecular formula is C19H22ClN3O. The van der Waals surface area contributed by atoms with Crippen LogP contribution in [-0.4, -0.2) is 22.3 Å². The number of nitrogens with one attached hydrogen (secondary N) is 1. The molecule has 0 unspecified atom stereocenters. The fraction of sp³-hybridized carbons (Fsp3) is 0.368. The van der Waals surface area contributed by atoms with Crippen molar-refractivity contribution in [1.82, 2.24) is 15.2 Å². The molecule has 1 aromatic heterocycles. The zero-order valence-corrected chi connectivity index (χ0v) is 14.6. The van der Waals surface area contributed by atoms with E-state index in [2.05, 4.69) is 27.3 Å². The second-order valence-corrected chi connectivity index (χ2v) is 6.63. The van der Waals surface area contributed by atoms with E-state index in [0.717, 1.165) is 41.4 Å². The van der Waals surface area contributed by atoms with Gasteiger partial charge in [-0.1, -0.05) is 35.9 Å². The summed E-state index contributed by atoms with van der Waals surface area (Å²) in [5, 5.41) is 3.62. The summed E-state index contributed by atoms with van der Waals surface area (Å²) in [5.74, 6) is -0.0271. The van der Waals surface area contributed by atoms with E-state index >= 15 is 0 Å². The molecule has 1 N–H and O–H groups in total. The Morgan fingerprint density at radius 2 is 2.17 bits per heavy atom. The normalized spacial score (nSPS) is 17.8. The molecular weight excluding hydrogens is 322 g/mol. The molecule has 126 valence electrons. The van der Waals surface area contributed by atoms with E-state index in [4.69, 9.17) is 11.6 Å². The number of hydrogen-bond acceptors (Lipinski definition) is 3. The van der Waals surface area contributed by atoms with Gasteiger partial charge in [-0.15, -0.1) is 0 Å². The molecule has 3 rings (SSSR count). The van der Waals surface area contributed by atoms with Gasteiger partial charge in [0.05, 0.1) is 11.7 Å². The van der Waals surface area contributed by atoms with Crippen molar-refractivity contribution in [2.24, 2.45) is 0 Å². The highest BCUT2D eigenvalue weighted by Gasteiger charge is 2.27. The Morgan fingerprint density at radius 1 is 1.33 bits per heavy atom. The summed E-state index contributed by atoms with van der Waals surface area (Å²) in [6, 6.07) is 12.5. The number of carbonyl (C=O) groups is 1. The van der Waals surface area contributed by atoms with Gasteiger partial charge in [0.2, 0.25) is 5.91 Å². The third-order valence-electron chi connectivity index (χ3n) is 4.43. The smallest absolute Gasteiger partial charge is 0.217 e. The van der Waals surface area contributed by atoms with E-state index in [-0.39, 0.29) is 5.91 Å². The summed E-state index contributed by atoms with van der Waals surface area (Å²) in [5.41, 5.74) is 3.27. The van der Waals surface area contributed by atoms with Crippen LogP contribution < -0.4 is 5.32 Å². The second kappa shape index (κ2) is 7.77. The van der Waals surface area contributed by atoms with Crippen molar-refractivity contribution in [3.8, 4) is 0 Å². The second-order valence-electron chi connectivity index (χ2n) is 6.22. The Bertz CT molecular complexity index is 702. The maximum absolute atomic E-state index is 11.0. The summed E-state index contributed by atoms with van der Waals surface area (Å²) in [7, 11) is 0. The fourth-order valence-corrected chi connectivity index (χ4v) is 3.36. The average molecular weight is 344 g/mol. The molecule has 24 heavy (non-hydrogen) atoms. The van der Waals surface area contributed by atoms with Crippen molar-refractivity contribution < 1.29 is 4.79 Å². The number of pyridine rings is 1. The number of carbonyl (C=O) groups excluding carboxylic acids is 1. The van der Waals surface area contributed by atoms with Crippen LogP contribution in [-0.2, 0) is 17.9 Å². The lowest BCUT2D eigenvalue weighted by atomic mass is 10.1. The first-order valence-corrected chi connectivity index (χ1v) is 8.68. The molecule has 1 aromatic carbocycles. The topological polar surface area (TPSA) is 45.2 Å². The Kier molecular flexibility index (Phi) is 5.48. The van der Waals surface area contributed by atoms with E-state index in [1.165, 1.54) is 13.3 Å². The molecule has 1 aliphatic heterocycles. The van der Waals surface area contributed by atoms with Gasteiger partial charge in [-0.2, -0.15) is 0 Å². The maximum Gasteiger partial charge on any atom is 0.217 e. The highest BCUT2D eigenvalue weighted by molar-refractivity contribution is 6.31. The Labute approximate surface area is 147 Å². The van der Waals surface area contributed by atoms with Crippen LogP contribution in [0.1, 0.15) is 42.6 Å². The maximum atomic E-state index is 11.0. The van der Waals surface area contributed by atoms with E-state index in [1.54, 1.807) is 0 Å². The van der Waals surface area contributed by atoms with Crippen LogP contribution in [0.4, 0.5) is 0 Å². The Balaban J connectivity index is 1.69. The highest BCUT2D eigenvalue weighted by Crippen LogP contribution is 2.33. The van der Waals surface area contributed by atoms with Crippen LogP contribution in [0.3, 0.4) is 0 Å². The predicted octanol–water partition coefficient (Wildman–Crippen LogP) is 3.71. The minimum Gasteiger partial charge on any atom is -0.352 e. The Morgan fingerprint density at radius 3 is 2.88 bits per heavy atom. The largest absolute Gasteiger partial charge is 0.352 e. The molecule has 1 fully saturated rings. The molecule has 0 radical (unpaired) electrons. The lowest BCUT2D eigenvalue weighted by Gasteiger charge is -2.24.